The third-order valence-electron chi connectivity index (χ3n) is 5.66. The Bertz CT molecular complexity index is 307. The molecule has 0 saturated carbocycles. The molecule has 3 nitrogen and oxygen atoms in total. The van der Waals surface area contributed by atoms with Crippen LogP contribution in [-0.4, -0.2) is 24.2 Å². The van der Waals surface area contributed by atoms with Crippen LogP contribution in [0.5, 0.6) is 0 Å². The fourth-order valence-corrected chi connectivity index (χ4v) is 3.76. The predicted octanol–water partition coefficient (Wildman–Crippen LogP) is 7.31. The summed E-state index contributed by atoms with van der Waals surface area (Å²) in [7, 11) is 0. The molecule has 3 heteroatoms. The third-order valence-corrected chi connectivity index (χ3v) is 5.66. The molecule has 0 saturated heterocycles. The first-order valence-corrected chi connectivity index (χ1v) is 12.7. The molecule has 0 aromatic rings. The number of unbranched alkanes of at least 4 members (excludes halogenated alkanes) is 18. The molecule has 0 heterocycles. The Hall–Kier alpha value is -0.570. The lowest BCUT2D eigenvalue weighted by Crippen LogP contribution is -2.24. The molecule has 2 N–H and O–H groups in total. The quantitative estimate of drug-likeness (QED) is 0.178. The molecule has 1 amide bonds. The second-order valence-electron chi connectivity index (χ2n) is 8.54. The maximum atomic E-state index is 11.5. The normalized spacial score (nSPS) is 11.1. The minimum absolute atomic E-state index is 0.139. The molecular weight excluding hydrogens is 346 g/mol. The van der Waals surface area contributed by atoms with Crippen molar-refractivity contribution in [2.45, 2.75) is 142 Å². The van der Waals surface area contributed by atoms with Gasteiger partial charge in [0.1, 0.15) is 0 Å². The summed E-state index contributed by atoms with van der Waals surface area (Å²) < 4.78 is 0. The zero-order valence-corrected chi connectivity index (χ0v) is 19.1. The molecule has 0 fully saturated rings. The first-order chi connectivity index (χ1) is 13.8. The summed E-state index contributed by atoms with van der Waals surface area (Å²) in [5.41, 5.74) is 0. The Morgan fingerprint density at radius 1 is 0.571 bits per heavy atom. The van der Waals surface area contributed by atoms with Gasteiger partial charge in [-0.05, 0) is 12.8 Å². The van der Waals surface area contributed by atoms with Crippen LogP contribution in [0.15, 0.2) is 0 Å². The summed E-state index contributed by atoms with van der Waals surface area (Å²) in [6.45, 7) is 3.04. The number of carbonyl (C=O) groups excluding carboxylic acids is 1. The van der Waals surface area contributed by atoms with Gasteiger partial charge in [-0.15, -0.1) is 0 Å². The zero-order chi connectivity index (χ0) is 20.5. The van der Waals surface area contributed by atoms with Crippen molar-refractivity contribution in [3.63, 3.8) is 0 Å². The fraction of sp³-hybridized carbons (Fsp3) is 0.960. The van der Waals surface area contributed by atoms with Crippen LogP contribution in [0.3, 0.4) is 0 Å². The molecule has 168 valence electrons. The van der Waals surface area contributed by atoms with Crippen molar-refractivity contribution < 1.29 is 9.90 Å². The second-order valence-corrected chi connectivity index (χ2v) is 8.54. The summed E-state index contributed by atoms with van der Waals surface area (Å²) in [6.07, 6.45) is 27.5. The molecule has 28 heavy (non-hydrogen) atoms. The summed E-state index contributed by atoms with van der Waals surface area (Å²) in [6, 6.07) is 0. The van der Waals surface area contributed by atoms with Gasteiger partial charge in [0.15, 0.2) is 0 Å². The summed E-state index contributed by atoms with van der Waals surface area (Å²) in [5.74, 6) is 0.139. The number of carbonyl (C=O) groups is 1. The standard InChI is InChI=1S/C25H51NO2/c1-2-3-4-5-6-7-8-9-10-11-12-13-14-15-16-17-18-19-20-22-25(28)26-23-21-24-27/h27H,2-24H2,1H3,(H,26,28). The molecule has 0 aromatic carbocycles. The van der Waals surface area contributed by atoms with Crippen LogP contribution >= 0.6 is 0 Å². The van der Waals surface area contributed by atoms with E-state index >= 15 is 0 Å². The summed E-state index contributed by atoms with van der Waals surface area (Å²) in [4.78, 5) is 11.5. The van der Waals surface area contributed by atoms with Crippen molar-refractivity contribution in [2.75, 3.05) is 13.2 Å². The Balaban J connectivity index is 3.06. The van der Waals surface area contributed by atoms with Gasteiger partial charge in [0.05, 0.1) is 0 Å². The Kier molecular flexibility index (Phi) is 24.0. The summed E-state index contributed by atoms with van der Waals surface area (Å²) in [5, 5.41) is 11.5. The predicted molar refractivity (Wildman–Crippen MR) is 123 cm³/mol. The van der Waals surface area contributed by atoms with E-state index in [0.29, 0.717) is 19.4 Å². The number of hydrogen-bond donors (Lipinski definition) is 2. The molecule has 0 aliphatic heterocycles. The first-order valence-electron chi connectivity index (χ1n) is 12.7. The van der Waals surface area contributed by atoms with Gasteiger partial charge in [0, 0.05) is 19.6 Å². The lowest BCUT2D eigenvalue weighted by Gasteiger charge is -2.05. The molecule has 0 radical (unpaired) electrons. The van der Waals surface area contributed by atoms with E-state index in [4.69, 9.17) is 5.11 Å². The largest absolute Gasteiger partial charge is 0.396 e. The van der Waals surface area contributed by atoms with Gasteiger partial charge in [0.2, 0.25) is 5.91 Å². The zero-order valence-electron chi connectivity index (χ0n) is 19.1. The number of amides is 1. The third kappa shape index (κ3) is 23.5. The number of aliphatic hydroxyl groups is 1. The maximum Gasteiger partial charge on any atom is 0.219 e. The van der Waals surface area contributed by atoms with E-state index in [2.05, 4.69) is 12.2 Å². The molecule has 0 unspecified atom stereocenters. The van der Waals surface area contributed by atoms with Crippen LogP contribution in [-0.2, 0) is 4.79 Å². The maximum absolute atomic E-state index is 11.5. The van der Waals surface area contributed by atoms with Gasteiger partial charge in [0.25, 0.3) is 0 Å². The number of aliphatic hydroxyl groups excluding tert-OH is 1. The van der Waals surface area contributed by atoms with E-state index < -0.39 is 0 Å². The van der Waals surface area contributed by atoms with Gasteiger partial charge in [-0.1, -0.05) is 122 Å². The second kappa shape index (κ2) is 24.5. The molecule has 0 aliphatic carbocycles. The van der Waals surface area contributed by atoms with Gasteiger partial charge >= 0.3 is 0 Å². The van der Waals surface area contributed by atoms with Crippen LogP contribution in [0.25, 0.3) is 0 Å². The average Bonchev–Trinajstić information content (AvgIpc) is 2.70. The van der Waals surface area contributed by atoms with Crippen LogP contribution in [0.2, 0.25) is 0 Å². The van der Waals surface area contributed by atoms with Crippen molar-refractivity contribution in [1.82, 2.24) is 5.32 Å². The van der Waals surface area contributed by atoms with Gasteiger partial charge in [-0.25, -0.2) is 0 Å². The number of hydrogen-bond acceptors (Lipinski definition) is 2. The summed E-state index contributed by atoms with van der Waals surface area (Å²) >= 11 is 0. The SMILES string of the molecule is CCCCCCCCCCCCCCCCCCCCCC(=O)NCCCO. The highest BCUT2D eigenvalue weighted by Gasteiger charge is 2.00. The fourth-order valence-electron chi connectivity index (χ4n) is 3.76. The smallest absolute Gasteiger partial charge is 0.219 e. The average molecular weight is 398 g/mol. The lowest BCUT2D eigenvalue weighted by atomic mass is 10.0. The Morgan fingerprint density at radius 3 is 1.29 bits per heavy atom. The van der Waals surface area contributed by atoms with Crippen molar-refractivity contribution in [3.8, 4) is 0 Å². The minimum Gasteiger partial charge on any atom is -0.396 e. The van der Waals surface area contributed by atoms with Crippen LogP contribution in [0, 0.1) is 0 Å². The highest BCUT2D eigenvalue weighted by molar-refractivity contribution is 5.75. The van der Waals surface area contributed by atoms with E-state index in [9.17, 15) is 4.79 Å². The van der Waals surface area contributed by atoms with E-state index in [1.165, 1.54) is 116 Å². The molecule has 0 aromatic heterocycles. The van der Waals surface area contributed by atoms with Crippen molar-refractivity contribution in [3.05, 3.63) is 0 Å². The van der Waals surface area contributed by atoms with E-state index in [1.54, 1.807) is 0 Å². The number of nitrogens with one attached hydrogen (secondary N) is 1. The van der Waals surface area contributed by atoms with E-state index in [0.717, 1.165) is 6.42 Å². The van der Waals surface area contributed by atoms with Crippen LogP contribution in [0.4, 0.5) is 0 Å². The first kappa shape index (κ1) is 27.4. The van der Waals surface area contributed by atoms with Crippen molar-refractivity contribution in [1.29, 1.82) is 0 Å². The lowest BCUT2D eigenvalue weighted by molar-refractivity contribution is -0.121. The molecule has 0 aliphatic rings. The van der Waals surface area contributed by atoms with E-state index in [-0.39, 0.29) is 12.5 Å². The topological polar surface area (TPSA) is 49.3 Å². The molecule has 0 bridgehead atoms. The molecule has 0 atom stereocenters. The molecule has 0 spiro atoms. The van der Waals surface area contributed by atoms with Crippen molar-refractivity contribution >= 4 is 5.91 Å². The molecular formula is C25H51NO2. The highest BCUT2D eigenvalue weighted by atomic mass is 16.3. The van der Waals surface area contributed by atoms with Crippen molar-refractivity contribution in [2.24, 2.45) is 0 Å². The van der Waals surface area contributed by atoms with Crippen LogP contribution < -0.4 is 5.32 Å². The van der Waals surface area contributed by atoms with E-state index in [1.807, 2.05) is 0 Å². The van der Waals surface area contributed by atoms with Crippen LogP contribution in [0.1, 0.15) is 142 Å². The molecule has 0 rings (SSSR count). The Labute approximate surface area is 176 Å². The van der Waals surface area contributed by atoms with Gasteiger partial charge in [-0.2, -0.15) is 0 Å². The van der Waals surface area contributed by atoms with Gasteiger partial charge < -0.3 is 10.4 Å². The minimum atomic E-state index is 0.139. The highest BCUT2D eigenvalue weighted by Crippen LogP contribution is 2.14. The monoisotopic (exact) mass is 397 g/mol. The Morgan fingerprint density at radius 2 is 0.929 bits per heavy atom. The van der Waals surface area contributed by atoms with Gasteiger partial charge in [-0.3, -0.25) is 4.79 Å². The number of rotatable bonds is 23.